The van der Waals surface area contributed by atoms with E-state index in [1.54, 1.807) is 28.8 Å². The fourth-order valence-corrected chi connectivity index (χ4v) is 3.09. The second kappa shape index (κ2) is 6.84. The second-order valence-electron chi connectivity index (χ2n) is 6.31. The number of hydrogen-bond acceptors (Lipinski definition) is 3. The highest BCUT2D eigenvalue weighted by molar-refractivity contribution is 6.44. The molecule has 0 spiro atoms. The number of fused-ring (bicyclic) bond motifs is 1. The summed E-state index contributed by atoms with van der Waals surface area (Å²) < 4.78 is 1.64. The molecule has 0 aliphatic rings. The summed E-state index contributed by atoms with van der Waals surface area (Å²) in [6.07, 6.45) is 1.50. The number of benzene rings is 2. The first-order valence-corrected chi connectivity index (χ1v) is 8.15. The van der Waals surface area contributed by atoms with E-state index in [0.717, 1.165) is 16.8 Å². The minimum absolute atomic E-state index is 0.0134. The van der Waals surface area contributed by atoms with Crippen molar-refractivity contribution in [3.05, 3.63) is 65.4 Å². The van der Waals surface area contributed by atoms with Crippen LogP contribution in [0.15, 0.2) is 48.7 Å². The van der Waals surface area contributed by atoms with Crippen molar-refractivity contribution in [1.82, 2.24) is 4.57 Å². The molecule has 0 atom stereocenters. The molecule has 0 saturated carbocycles. The van der Waals surface area contributed by atoms with Crippen LogP contribution in [-0.4, -0.2) is 22.2 Å². The summed E-state index contributed by atoms with van der Waals surface area (Å²) in [7, 11) is 0. The van der Waals surface area contributed by atoms with Crippen LogP contribution in [0.5, 0.6) is 0 Å². The van der Waals surface area contributed by atoms with Gasteiger partial charge in [-0.2, -0.15) is 0 Å². The summed E-state index contributed by atoms with van der Waals surface area (Å²) in [6, 6.07) is 12.9. The molecule has 3 N–H and O–H groups in total. The molecule has 3 rings (SSSR count). The van der Waals surface area contributed by atoms with Gasteiger partial charge in [0.25, 0.3) is 11.7 Å². The Morgan fingerprint density at radius 3 is 2.35 bits per heavy atom. The van der Waals surface area contributed by atoms with Crippen LogP contribution in [0.2, 0.25) is 0 Å². The fourth-order valence-electron chi connectivity index (χ4n) is 3.09. The van der Waals surface area contributed by atoms with E-state index in [1.807, 2.05) is 32.0 Å². The van der Waals surface area contributed by atoms with Crippen molar-refractivity contribution < 1.29 is 14.4 Å². The number of primary amides is 1. The van der Waals surface area contributed by atoms with Gasteiger partial charge in [-0.25, -0.2) is 0 Å². The Morgan fingerprint density at radius 2 is 1.69 bits per heavy atom. The first-order chi connectivity index (χ1) is 12.3. The predicted octanol–water partition coefficient (Wildman–Crippen LogP) is 2.56. The van der Waals surface area contributed by atoms with Gasteiger partial charge in [-0.1, -0.05) is 24.3 Å². The minimum atomic E-state index is -1.02. The van der Waals surface area contributed by atoms with Crippen molar-refractivity contribution in [2.24, 2.45) is 5.73 Å². The number of anilines is 1. The van der Waals surface area contributed by atoms with E-state index >= 15 is 0 Å². The summed E-state index contributed by atoms with van der Waals surface area (Å²) in [5.41, 5.74) is 8.84. The summed E-state index contributed by atoms with van der Waals surface area (Å²) in [4.78, 5) is 35.8. The third kappa shape index (κ3) is 3.49. The maximum absolute atomic E-state index is 12.5. The quantitative estimate of drug-likeness (QED) is 0.547. The van der Waals surface area contributed by atoms with E-state index in [1.165, 1.54) is 6.20 Å². The number of amides is 2. The number of para-hydroxylation sites is 1. The van der Waals surface area contributed by atoms with Crippen molar-refractivity contribution in [1.29, 1.82) is 0 Å². The number of aryl methyl sites for hydroxylation is 2. The Kier molecular flexibility index (Phi) is 4.58. The van der Waals surface area contributed by atoms with Crippen LogP contribution in [0, 0.1) is 13.8 Å². The molecule has 26 heavy (non-hydrogen) atoms. The van der Waals surface area contributed by atoms with Gasteiger partial charge in [0.05, 0.1) is 5.56 Å². The molecule has 0 aliphatic heterocycles. The molecule has 132 valence electrons. The number of nitrogens with zero attached hydrogens (tertiary/aromatic N) is 1. The monoisotopic (exact) mass is 349 g/mol. The molecule has 1 heterocycles. The molecule has 0 radical (unpaired) electrons. The Bertz CT molecular complexity index is 1010. The van der Waals surface area contributed by atoms with Gasteiger partial charge in [0.2, 0.25) is 5.91 Å². The molecule has 0 bridgehead atoms. The van der Waals surface area contributed by atoms with Crippen LogP contribution >= 0.6 is 0 Å². The van der Waals surface area contributed by atoms with Gasteiger partial charge in [0, 0.05) is 22.8 Å². The molecule has 0 unspecified atom stereocenters. The van der Waals surface area contributed by atoms with E-state index in [4.69, 9.17) is 5.73 Å². The standard InChI is InChI=1S/C20H19N3O3/c1-12-7-13(2)9-14(8-12)22-18(24)11-23-10-16(19(25)20(21)26)15-5-3-4-6-17(15)23/h3-10H,11H2,1-2H3,(H2,21,26)(H,22,24). The van der Waals surface area contributed by atoms with Gasteiger partial charge in [-0.3, -0.25) is 14.4 Å². The molecular formula is C20H19N3O3. The van der Waals surface area contributed by atoms with E-state index < -0.39 is 11.7 Å². The lowest BCUT2D eigenvalue weighted by atomic mass is 10.1. The largest absolute Gasteiger partial charge is 0.363 e. The number of carbonyl (C=O) groups is 3. The summed E-state index contributed by atoms with van der Waals surface area (Å²) >= 11 is 0. The van der Waals surface area contributed by atoms with Gasteiger partial charge in [0.1, 0.15) is 6.54 Å². The topological polar surface area (TPSA) is 94.2 Å². The fraction of sp³-hybridized carbons (Fsp3) is 0.150. The molecule has 3 aromatic rings. The summed E-state index contributed by atoms with van der Waals surface area (Å²) in [6.45, 7) is 3.94. The van der Waals surface area contributed by atoms with Crippen molar-refractivity contribution in [3.63, 3.8) is 0 Å². The number of aromatic nitrogens is 1. The molecule has 6 heteroatoms. The number of hydrogen-bond donors (Lipinski definition) is 2. The number of nitrogens with one attached hydrogen (secondary N) is 1. The predicted molar refractivity (Wildman–Crippen MR) is 100 cm³/mol. The third-order valence-corrected chi connectivity index (χ3v) is 4.08. The molecule has 2 amide bonds. The zero-order valence-corrected chi connectivity index (χ0v) is 14.6. The van der Waals surface area contributed by atoms with Gasteiger partial charge >= 0.3 is 0 Å². The maximum atomic E-state index is 12.5. The molecule has 2 aromatic carbocycles. The number of ketones is 1. The lowest BCUT2D eigenvalue weighted by molar-refractivity contribution is -0.116. The van der Waals surface area contributed by atoms with Gasteiger partial charge in [-0.05, 0) is 43.2 Å². The first-order valence-electron chi connectivity index (χ1n) is 8.15. The van der Waals surface area contributed by atoms with Crippen LogP contribution in [0.1, 0.15) is 21.5 Å². The van der Waals surface area contributed by atoms with Crippen molar-refractivity contribution in [3.8, 4) is 0 Å². The second-order valence-corrected chi connectivity index (χ2v) is 6.31. The highest BCUT2D eigenvalue weighted by Crippen LogP contribution is 2.22. The Hall–Kier alpha value is -3.41. The van der Waals surface area contributed by atoms with Crippen LogP contribution in [0.25, 0.3) is 10.9 Å². The summed E-state index contributed by atoms with van der Waals surface area (Å²) in [5, 5.41) is 3.45. The average molecular weight is 349 g/mol. The number of carbonyl (C=O) groups excluding carboxylic acids is 3. The number of rotatable bonds is 5. The minimum Gasteiger partial charge on any atom is -0.363 e. The van der Waals surface area contributed by atoms with Crippen LogP contribution < -0.4 is 11.1 Å². The zero-order valence-electron chi connectivity index (χ0n) is 14.6. The van der Waals surface area contributed by atoms with Gasteiger partial charge in [-0.15, -0.1) is 0 Å². The normalized spacial score (nSPS) is 10.7. The van der Waals surface area contributed by atoms with E-state index in [0.29, 0.717) is 10.9 Å². The Labute approximate surface area is 150 Å². The van der Waals surface area contributed by atoms with Gasteiger partial charge in [0.15, 0.2) is 0 Å². The van der Waals surface area contributed by atoms with Crippen LogP contribution in [0.3, 0.4) is 0 Å². The smallest absolute Gasteiger partial charge is 0.289 e. The Morgan fingerprint density at radius 1 is 1.04 bits per heavy atom. The van der Waals surface area contributed by atoms with E-state index in [9.17, 15) is 14.4 Å². The van der Waals surface area contributed by atoms with E-state index in [-0.39, 0.29) is 18.0 Å². The third-order valence-electron chi connectivity index (χ3n) is 4.08. The van der Waals surface area contributed by atoms with Crippen LogP contribution in [0.4, 0.5) is 5.69 Å². The molecule has 0 saturated heterocycles. The van der Waals surface area contributed by atoms with Crippen molar-refractivity contribution in [2.75, 3.05) is 5.32 Å². The number of nitrogens with two attached hydrogens (primary N) is 1. The van der Waals surface area contributed by atoms with Gasteiger partial charge < -0.3 is 15.6 Å². The average Bonchev–Trinajstić information content (AvgIpc) is 2.91. The van der Waals surface area contributed by atoms with Crippen molar-refractivity contribution >= 4 is 34.2 Å². The maximum Gasteiger partial charge on any atom is 0.289 e. The molecular weight excluding hydrogens is 330 g/mol. The van der Waals surface area contributed by atoms with Crippen LogP contribution in [-0.2, 0) is 16.1 Å². The molecule has 0 fully saturated rings. The van der Waals surface area contributed by atoms with Crippen molar-refractivity contribution in [2.45, 2.75) is 20.4 Å². The highest BCUT2D eigenvalue weighted by atomic mass is 16.2. The summed E-state index contributed by atoms with van der Waals surface area (Å²) in [5.74, 6) is -2.02. The first kappa shape index (κ1) is 17.4. The molecule has 6 nitrogen and oxygen atoms in total. The zero-order chi connectivity index (χ0) is 18.8. The molecule has 0 aliphatic carbocycles. The highest BCUT2D eigenvalue weighted by Gasteiger charge is 2.19. The number of Topliss-reactive ketones (excluding diaryl/α,β-unsaturated/α-hetero) is 1. The SMILES string of the molecule is Cc1cc(C)cc(NC(=O)Cn2cc(C(=O)C(N)=O)c3ccccc32)c1. The Balaban J connectivity index is 1.90. The van der Waals surface area contributed by atoms with E-state index in [2.05, 4.69) is 5.32 Å². The lowest BCUT2D eigenvalue weighted by Gasteiger charge is -2.09. The lowest BCUT2D eigenvalue weighted by Crippen LogP contribution is -2.23. The molecule has 1 aromatic heterocycles.